The molecule has 0 saturated carbocycles. The van der Waals surface area contributed by atoms with Gasteiger partial charge in [-0.1, -0.05) is 6.92 Å². The number of imide groups is 1. The number of nitrogens with zero attached hydrogens (tertiary/aromatic N) is 2. The number of amides is 4. The van der Waals surface area contributed by atoms with Crippen LogP contribution in [0.15, 0.2) is 0 Å². The average molecular weight is 282 g/mol. The Labute approximate surface area is 118 Å². The third-order valence-corrected chi connectivity index (χ3v) is 4.39. The minimum Gasteiger partial charge on any atom is -0.341 e. The van der Waals surface area contributed by atoms with Crippen LogP contribution in [0.25, 0.3) is 0 Å². The van der Waals surface area contributed by atoms with Gasteiger partial charge in [0.05, 0.1) is 0 Å². The lowest BCUT2D eigenvalue weighted by Crippen LogP contribution is -2.49. The summed E-state index contributed by atoms with van der Waals surface area (Å²) in [5.41, 5.74) is 4.69. The number of nitrogens with two attached hydrogens (primary N) is 1. The maximum absolute atomic E-state index is 12.3. The molecule has 2 rings (SSSR count). The standard InChI is InChI=1S/C13H22N4O3/c1-12(2)10(19)15-11(20)17(12)6-9(18)16-5-4-13(3,7-14)8-16/h4-8,14H2,1-3H3,(H,15,19,20). The van der Waals surface area contributed by atoms with Crippen LogP contribution in [0.2, 0.25) is 0 Å². The topological polar surface area (TPSA) is 95.7 Å². The summed E-state index contributed by atoms with van der Waals surface area (Å²) >= 11 is 0. The molecule has 20 heavy (non-hydrogen) atoms. The van der Waals surface area contributed by atoms with Crippen molar-refractivity contribution in [3.8, 4) is 0 Å². The predicted molar refractivity (Wildman–Crippen MR) is 72.7 cm³/mol. The van der Waals surface area contributed by atoms with Crippen LogP contribution >= 0.6 is 0 Å². The Morgan fingerprint density at radius 3 is 2.45 bits per heavy atom. The fourth-order valence-electron chi connectivity index (χ4n) is 2.60. The number of carbonyl (C=O) groups is 3. The van der Waals surface area contributed by atoms with Crippen molar-refractivity contribution < 1.29 is 14.4 Å². The second-order valence-electron chi connectivity index (χ2n) is 6.48. The summed E-state index contributed by atoms with van der Waals surface area (Å²) in [6.07, 6.45) is 0.865. The summed E-state index contributed by atoms with van der Waals surface area (Å²) in [5, 5.41) is 2.24. The van der Waals surface area contributed by atoms with Crippen molar-refractivity contribution >= 4 is 17.8 Å². The van der Waals surface area contributed by atoms with Gasteiger partial charge in [0.1, 0.15) is 12.1 Å². The molecule has 0 aromatic carbocycles. The van der Waals surface area contributed by atoms with Crippen LogP contribution in [-0.4, -0.2) is 59.4 Å². The summed E-state index contributed by atoms with van der Waals surface area (Å²) in [7, 11) is 0. The molecule has 4 amide bonds. The zero-order valence-corrected chi connectivity index (χ0v) is 12.2. The summed E-state index contributed by atoms with van der Waals surface area (Å²) in [6.45, 7) is 7.03. The molecule has 2 aliphatic heterocycles. The minimum atomic E-state index is -0.983. The molecular formula is C13H22N4O3. The van der Waals surface area contributed by atoms with Gasteiger partial charge in [-0.05, 0) is 32.2 Å². The third kappa shape index (κ3) is 2.37. The molecular weight excluding hydrogens is 260 g/mol. The van der Waals surface area contributed by atoms with E-state index in [0.29, 0.717) is 19.6 Å². The number of nitrogens with one attached hydrogen (secondary N) is 1. The van der Waals surface area contributed by atoms with E-state index in [-0.39, 0.29) is 23.8 Å². The van der Waals surface area contributed by atoms with Crippen LogP contribution in [0.3, 0.4) is 0 Å². The van der Waals surface area contributed by atoms with Crippen molar-refractivity contribution in [2.24, 2.45) is 11.1 Å². The lowest BCUT2D eigenvalue weighted by molar-refractivity contribution is -0.133. The molecule has 1 unspecified atom stereocenters. The van der Waals surface area contributed by atoms with Gasteiger partial charge in [-0.2, -0.15) is 0 Å². The molecule has 0 bridgehead atoms. The second-order valence-corrected chi connectivity index (χ2v) is 6.48. The van der Waals surface area contributed by atoms with Gasteiger partial charge in [0.2, 0.25) is 5.91 Å². The largest absolute Gasteiger partial charge is 0.341 e. The van der Waals surface area contributed by atoms with E-state index in [1.165, 1.54) is 4.90 Å². The van der Waals surface area contributed by atoms with Gasteiger partial charge in [0.15, 0.2) is 0 Å². The Kier molecular flexibility index (Phi) is 3.49. The first-order valence-corrected chi connectivity index (χ1v) is 6.80. The molecule has 0 radical (unpaired) electrons. The second kappa shape index (κ2) is 4.73. The molecule has 0 aromatic rings. The number of hydrogen-bond donors (Lipinski definition) is 2. The van der Waals surface area contributed by atoms with Gasteiger partial charge in [-0.25, -0.2) is 4.79 Å². The molecule has 7 nitrogen and oxygen atoms in total. The van der Waals surface area contributed by atoms with Gasteiger partial charge in [0.25, 0.3) is 5.91 Å². The monoisotopic (exact) mass is 282 g/mol. The molecule has 3 N–H and O–H groups in total. The number of urea groups is 1. The van der Waals surface area contributed by atoms with Crippen LogP contribution in [-0.2, 0) is 9.59 Å². The normalized spacial score (nSPS) is 29.0. The number of carbonyl (C=O) groups excluding carboxylic acids is 3. The fourth-order valence-corrected chi connectivity index (χ4v) is 2.60. The van der Waals surface area contributed by atoms with Crippen molar-refractivity contribution in [1.82, 2.24) is 15.1 Å². The fraction of sp³-hybridized carbons (Fsp3) is 0.769. The highest BCUT2D eigenvalue weighted by Gasteiger charge is 2.47. The first-order chi connectivity index (χ1) is 9.19. The number of rotatable bonds is 3. The van der Waals surface area contributed by atoms with Crippen LogP contribution < -0.4 is 11.1 Å². The van der Waals surface area contributed by atoms with Gasteiger partial charge < -0.3 is 15.5 Å². The molecule has 7 heteroatoms. The third-order valence-electron chi connectivity index (χ3n) is 4.39. The summed E-state index contributed by atoms with van der Waals surface area (Å²) in [5.74, 6) is -0.511. The highest BCUT2D eigenvalue weighted by molar-refractivity contribution is 6.07. The quantitative estimate of drug-likeness (QED) is 0.683. The zero-order chi connectivity index (χ0) is 15.1. The maximum atomic E-state index is 12.3. The first-order valence-electron chi connectivity index (χ1n) is 6.80. The highest BCUT2D eigenvalue weighted by atomic mass is 16.2. The summed E-state index contributed by atoms with van der Waals surface area (Å²) in [4.78, 5) is 38.7. The molecule has 0 spiro atoms. The Morgan fingerprint density at radius 1 is 1.35 bits per heavy atom. The molecule has 0 aromatic heterocycles. The highest BCUT2D eigenvalue weighted by Crippen LogP contribution is 2.29. The van der Waals surface area contributed by atoms with E-state index in [0.717, 1.165) is 6.42 Å². The Bertz CT molecular complexity index is 463. The molecule has 0 aliphatic carbocycles. The van der Waals surface area contributed by atoms with Crippen molar-refractivity contribution in [2.75, 3.05) is 26.2 Å². The molecule has 2 aliphatic rings. The Morgan fingerprint density at radius 2 is 2.00 bits per heavy atom. The van der Waals surface area contributed by atoms with Crippen molar-refractivity contribution in [3.63, 3.8) is 0 Å². The van der Waals surface area contributed by atoms with Gasteiger partial charge in [-0.3, -0.25) is 14.9 Å². The number of likely N-dealkylation sites (tertiary alicyclic amines) is 1. The van der Waals surface area contributed by atoms with E-state index in [2.05, 4.69) is 12.2 Å². The lowest BCUT2D eigenvalue weighted by Gasteiger charge is -2.29. The number of hydrogen-bond acceptors (Lipinski definition) is 4. The van der Waals surface area contributed by atoms with E-state index in [9.17, 15) is 14.4 Å². The molecule has 1 atom stereocenters. The van der Waals surface area contributed by atoms with Crippen molar-refractivity contribution in [3.05, 3.63) is 0 Å². The SMILES string of the molecule is CC1(CN)CCN(C(=O)CN2C(=O)NC(=O)C2(C)C)C1. The predicted octanol–water partition coefficient (Wildman–Crippen LogP) is -0.486. The van der Waals surface area contributed by atoms with E-state index in [1.807, 2.05) is 0 Å². The van der Waals surface area contributed by atoms with Crippen LogP contribution in [0.1, 0.15) is 27.2 Å². The minimum absolute atomic E-state index is 0.0474. The van der Waals surface area contributed by atoms with E-state index >= 15 is 0 Å². The molecule has 2 saturated heterocycles. The maximum Gasteiger partial charge on any atom is 0.325 e. The molecule has 2 fully saturated rings. The Hall–Kier alpha value is -1.63. The molecule has 2 heterocycles. The van der Waals surface area contributed by atoms with Crippen molar-refractivity contribution in [2.45, 2.75) is 32.7 Å². The lowest BCUT2D eigenvalue weighted by atomic mass is 9.90. The van der Waals surface area contributed by atoms with Crippen LogP contribution in [0, 0.1) is 5.41 Å². The van der Waals surface area contributed by atoms with E-state index < -0.39 is 11.6 Å². The van der Waals surface area contributed by atoms with Gasteiger partial charge in [0, 0.05) is 13.1 Å². The van der Waals surface area contributed by atoms with E-state index in [4.69, 9.17) is 5.73 Å². The van der Waals surface area contributed by atoms with Crippen LogP contribution in [0.5, 0.6) is 0 Å². The summed E-state index contributed by atoms with van der Waals surface area (Å²) < 4.78 is 0. The van der Waals surface area contributed by atoms with Crippen molar-refractivity contribution in [1.29, 1.82) is 0 Å². The molecule has 112 valence electrons. The van der Waals surface area contributed by atoms with Crippen LogP contribution in [0.4, 0.5) is 4.79 Å². The van der Waals surface area contributed by atoms with Gasteiger partial charge in [-0.15, -0.1) is 0 Å². The Balaban J connectivity index is 2.02. The van der Waals surface area contributed by atoms with Gasteiger partial charge >= 0.3 is 6.03 Å². The van der Waals surface area contributed by atoms with E-state index in [1.54, 1.807) is 18.7 Å². The smallest absolute Gasteiger partial charge is 0.325 e. The summed E-state index contributed by atoms with van der Waals surface area (Å²) in [6, 6.07) is -0.505. The average Bonchev–Trinajstić information content (AvgIpc) is 2.85. The first kappa shape index (κ1) is 14.8. The zero-order valence-electron chi connectivity index (χ0n) is 12.2.